The number of rotatable bonds is 9. The molecule has 1 amide bonds. The van der Waals surface area contributed by atoms with Crippen LogP contribution in [0.3, 0.4) is 0 Å². The van der Waals surface area contributed by atoms with Gasteiger partial charge in [-0.25, -0.2) is 0 Å². The van der Waals surface area contributed by atoms with E-state index in [0.29, 0.717) is 32.0 Å². The minimum atomic E-state index is -0.119. The van der Waals surface area contributed by atoms with E-state index in [1.807, 2.05) is 42.6 Å². The van der Waals surface area contributed by atoms with Gasteiger partial charge in [0.25, 0.3) is 5.91 Å². The molecular weight excluding hydrogens is 364 g/mol. The van der Waals surface area contributed by atoms with E-state index in [2.05, 4.69) is 4.57 Å². The molecule has 27 heavy (non-hydrogen) atoms. The summed E-state index contributed by atoms with van der Waals surface area (Å²) < 4.78 is 12.6. The summed E-state index contributed by atoms with van der Waals surface area (Å²) in [6, 6.07) is 15.2. The molecule has 2 heterocycles. The van der Waals surface area contributed by atoms with Gasteiger partial charge in [-0.1, -0.05) is 23.7 Å². The van der Waals surface area contributed by atoms with E-state index in [4.69, 9.17) is 20.8 Å². The van der Waals surface area contributed by atoms with Crippen LogP contribution >= 0.6 is 11.6 Å². The first-order valence-corrected chi connectivity index (χ1v) is 9.25. The minimum absolute atomic E-state index is 0.119. The highest BCUT2D eigenvalue weighted by Crippen LogP contribution is 2.16. The molecule has 0 N–H and O–H groups in total. The van der Waals surface area contributed by atoms with Crippen LogP contribution in [0.25, 0.3) is 0 Å². The van der Waals surface area contributed by atoms with Crippen molar-refractivity contribution in [1.29, 1.82) is 0 Å². The van der Waals surface area contributed by atoms with E-state index in [1.165, 1.54) is 6.26 Å². The second-order valence-electron chi connectivity index (χ2n) is 6.31. The zero-order chi connectivity index (χ0) is 19.1. The summed E-state index contributed by atoms with van der Waals surface area (Å²) in [6.45, 7) is 2.39. The van der Waals surface area contributed by atoms with Crippen LogP contribution < -0.4 is 0 Å². The summed E-state index contributed by atoms with van der Waals surface area (Å²) in [5, 5.41) is 0.718. The van der Waals surface area contributed by atoms with Crippen LogP contribution in [-0.2, 0) is 17.8 Å². The molecule has 0 aliphatic heterocycles. The normalized spacial score (nSPS) is 10.9. The number of ether oxygens (including phenoxy) is 1. The van der Waals surface area contributed by atoms with Gasteiger partial charge in [0.2, 0.25) is 0 Å². The Bertz CT molecular complexity index is 858. The lowest BCUT2D eigenvalue weighted by atomic mass is 10.2. The van der Waals surface area contributed by atoms with Gasteiger partial charge in [0.15, 0.2) is 5.76 Å². The van der Waals surface area contributed by atoms with Crippen molar-refractivity contribution in [2.45, 2.75) is 19.5 Å². The Kier molecular flexibility index (Phi) is 6.74. The standard InChI is InChI=1S/C21H23ClN2O3/c1-26-12-5-11-24(21(25)20-9-4-13-27-20)16-19-8-3-10-23(19)15-17-6-2-7-18(22)14-17/h2-4,6-10,13-14H,5,11-12,15-16H2,1H3. The van der Waals surface area contributed by atoms with Crippen LogP contribution in [-0.4, -0.2) is 35.6 Å². The smallest absolute Gasteiger partial charge is 0.289 e. The van der Waals surface area contributed by atoms with E-state index in [0.717, 1.165) is 22.7 Å². The lowest BCUT2D eigenvalue weighted by molar-refractivity contribution is 0.0688. The molecule has 0 aliphatic rings. The van der Waals surface area contributed by atoms with Crippen LogP contribution in [0.15, 0.2) is 65.4 Å². The fourth-order valence-electron chi connectivity index (χ4n) is 2.98. The monoisotopic (exact) mass is 386 g/mol. The number of hydrogen-bond donors (Lipinski definition) is 0. The maximum absolute atomic E-state index is 12.8. The Labute approximate surface area is 164 Å². The maximum atomic E-state index is 12.8. The van der Waals surface area contributed by atoms with Gasteiger partial charge in [-0.2, -0.15) is 0 Å². The number of methoxy groups -OCH3 is 1. The summed E-state index contributed by atoms with van der Waals surface area (Å²) in [6.07, 6.45) is 4.29. The molecule has 2 aromatic heterocycles. The highest BCUT2D eigenvalue weighted by Gasteiger charge is 2.19. The number of benzene rings is 1. The van der Waals surface area contributed by atoms with Gasteiger partial charge in [0.05, 0.1) is 12.8 Å². The zero-order valence-corrected chi connectivity index (χ0v) is 16.1. The highest BCUT2D eigenvalue weighted by atomic mass is 35.5. The maximum Gasteiger partial charge on any atom is 0.289 e. The first kappa shape index (κ1) is 19.3. The molecule has 5 nitrogen and oxygen atoms in total. The van der Waals surface area contributed by atoms with Gasteiger partial charge in [-0.15, -0.1) is 0 Å². The Hall–Kier alpha value is -2.50. The summed E-state index contributed by atoms with van der Waals surface area (Å²) in [7, 11) is 1.66. The van der Waals surface area contributed by atoms with Crippen molar-refractivity contribution in [2.75, 3.05) is 20.3 Å². The molecule has 3 aromatic rings. The number of nitrogens with zero attached hydrogens (tertiary/aromatic N) is 2. The number of aromatic nitrogens is 1. The summed E-state index contributed by atoms with van der Waals surface area (Å²) in [5.41, 5.74) is 2.16. The average molecular weight is 387 g/mol. The number of carbonyl (C=O) groups excluding carboxylic acids is 1. The minimum Gasteiger partial charge on any atom is -0.459 e. The van der Waals surface area contributed by atoms with Crippen LogP contribution in [0.4, 0.5) is 0 Å². The second kappa shape index (κ2) is 9.44. The first-order chi connectivity index (χ1) is 13.2. The molecule has 0 bridgehead atoms. The van der Waals surface area contributed by atoms with Crippen molar-refractivity contribution >= 4 is 17.5 Å². The van der Waals surface area contributed by atoms with Gasteiger partial charge in [0.1, 0.15) is 0 Å². The van der Waals surface area contributed by atoms with E-state index < -0.39 is 0 Å². The number of furan rings is 1. The summed E-state index contributed by atoms with van der Waals surface area (Å²) in [5.74, 6) is 0.229. The van der Waals surface area contributed by atoms with Gasteiger partial charge in [-0.3, -0.25) is 4.79 Å². The van der Waals surface area contributed by atoms with E-state index in [1.54, 1.807) is 24.1 Å². The van der Waals surface area contributed by atoms with Crippen molar-refractivity contribution < 1.29 is 13.9 Å². The van der Waals surface area contributed by atoms with Crippen LogP contribution in [0.2, 0.25) is 5.02 Å². The van der Waals surface area contributed by atoms with E-state index in [-0.39, 0.29) is 5.91 Å². The largest absolute Gasteiger partial charge is 0.459 e. The van der Waals surface area contributed by atoms with Crippen molar-refractivity contribution in [3.8, 4) is 0 Å². The molecule has 1 aromatic carbocycles. The van der Waals surface area contributed by atoms with Crippen molar-refractivity contribution in [3.05, 3.63) is 83.0 Å². The third-order valence-corrected chi connectivity index (χ3v) is 4.55. The number of carbonyl (C=O) groups is 1. The molecule has 6 heteroatoms. The fourth-order valence-corrected chi connectivity index (χ4v) is 3.20. The Morgan fingerprint density at radius 2 is 2.11 bits per heavy atom. The summed E-state index contributed by atoms with van der Waals surface area (Å²) in [4.78, 5) is 14.6. The molecule has 0 spiro atoms. The predicted molar refractivity (Wildman–Crippen MR) is 105 cm³/mol. The van der Waals surface area contributed by atoms with E-state index in [9.17, 15) is 4.79 Å². The SMILES string of the molecule is COCCCN(Cc1cccn1Cc1cccc(Cl)c1)C(=O)c1ccco1. The fraction of sp³-hybridized carbons (Fsp3) is 0.286. The van der Waals surface area contributed by atoms with Crippen molar-refractivity contribution in [1.82, 2.24) is 9.47 Å². The van der Waals surface area contributed by atoms with Crippen LogP contribution in [0.1, 0.15) is 28.2 Å². The molecule has 142 valence electrons. The van der Waals surface area contributed by atoms with Crippen LogP contribution in [0.5, 0.6) is 0 Å². The highest BCUT2D eigenvalue weighted by molar-refractivity contribution is 6.30. The molecule has 3 rings (SSSR count). The molecule has 0 fully saturated rings. The number of halogens is 1. The quantitative estimate of drug-likeness (QED) is 0.510. The third kappa shape index (κ3) is 5.25. The first-order valence-electron chi connectivity index (χ1n) is 8.87. The third-order valence-electron chi connectivity index (χ3n) is 4.31. The number of amides is 1. The summed E-state index contributed by atoms with van der Waals surface area (Å²) >= 11 is 6.09. The molecule has 0 saturated carbocycles. The Balaban J connectivity index is 1.75. The van der Waals surface area contributed by atoms with Crippen molar-refractivity contribution in [3.63, 3.8) is 0 Å². The number of hydrogen-bond acceptors (Lipinski definition) is 3. The lowest BCUT2D eigenvalue weighted by Gasteiger charge is -2.22. The Morgan fingerprint density at radius 1 is 1.22 bits per heavy atom. The van der Waals surface area contributed by atoms with Gasteiger partial charge in [0, 0.05) is 43.7 Å². The Morgan fingerprint density at radius 3 is 2.85 bits per heavy atom. The molecular formula is C21H23ClN2O3. The van der Waals surface area contributed by atoms with Crippen molar-refractivity contribution in [2.24, 2.45) is 0 Å². The van der Waals surface area contributed by atoms with Gasteiger partial charge in [-0.05, 0) is 48.4 Å². The molecule has 0 atom stereocenters. The topological polar surface area (TPSA) is 47.6 Å². The molecule has 0 radical (unpaired) electrons. The molecule has 0 aliphatic carbocycles. The zero-order valence-electron chi connectivity index (χ0n) is 15.3. The second-order valence-corrected chi connectivity index (χ2v) is 6.74. The predicted octanol–water partition coefficient (Wildman–Crippen LogP) is 4.46. The molecule has 0 saturated heterocycles. The molecule has 0 unspecified atom stereocenters. The lowest BCUT2D eigenvalue weighted by Crippen LogP contribution is -2.32. The van der Waals surface area contributed by atoms with E-state index >= 15 is 0 Å². The average Bonchev–Trinajstić information content (AvgIpc) is 3.33. The van der Waals surface area contributed by atoms with Gasteiger partial charge >= 0.3 is 0 Å². The van der Waals surface area contributed by atoms with Gasteiger partial charge < -0.3 is 18.6 Å². The van der Waals surface area contributed by atoms with Crippen LogP contribution in [0, 0.1) is 0 Å².